The zero-order valence-electron chi connectivity index (χ0n) is 56.8. The Hall–Kier alpha value is -9.72. The summed E-state index contributed by atoms with van der Waals surface area (Å²) in [7, 11) is 0. The maximum Gasteiger partial charge on any atom is 0.129 e. The first-order chi connectivity index (χ1) is 45.6. The molecule has 0 spiro atoms. The summed E-state index contributed by atoms with van der Waals surface area (Å²) in [5, 5.41) is 15.5. The smallest absolute Gasteiger partial charge is 0.129 e. The number of piperazine rings is 1. The minimum absolute atomic E-state index is 0. The van der Waals surface area contributed by atoms with Crippen LogP contribution in [0.25, 0.3) is 11.0 Å². The monoisotopic (exact) mass is 1430 g/mol. The van der Waals surface area contributed by atoms with Gasteiger partial charge in [0.15, 0.2) is 0 Å². The number of hydrogen-bond acceptors (Lipinski definition) is 18. The number of aryl methyl sites for hydroxylation is 10. The number of fused-ring (bicyclic) bond motifs is 3. The van der Waals surface area contributed by atoms with Crippen LogP contribution in [0.15, 0.2) is 188 Å². The average Bonchev–Trinajstić information content (AvgIpc) is 1.59. The fourth-order valence-corrected chi connectivity index (χ4v) is 10.2. The van der Waals surface area contributed by atoms with Crippen LogP contribution in [0, 0.1) is 68.2 Å². The largest absolute Gasteiger partial charge is 0.384 e. The minimum atomic E-state index is 0. The first kappa shape index (κ1) is 99.7. The molecule has 15 rings (SSSR count). The minimum Gasteiger partial charge on any atom is -0.384 e. The van der Waals surface area contributed by atoms with E-state index in [4.69, 9.17) is 11.5 Å². The van der Waals surface area contributed by atoms with Gasteiger partial charge in [0.1, 0.15) is 29.1 Å². The van der Waals surface area contributed by atoms with Gasteiger partial charge in [0, 0.05) is 130 Å². The lowest BCUT2D eigenvalue weighted by Crippen LogP contribution is -2.43. The molecule has 0 atom stereocenters. The maximum absolute atomic E-state index is 5.35. The van der Waals surface area contributed by atoms with E-state index in [1.54, 1.807) is 30.9 Å². The van der Waals surface area contributed by atoms with E-state index in [0.717, 1.165) is 102 Å². The molecule has 0 aliphatic carbocycles. The third-order valence-corrected chi connectivity index (χ3v) is 15.6. The molecular weight excluding hydrogens is 1290 g/mol. The van der Waals surface area contributed by atoms with Crippen molar-refractivity contribution in [2.45, 2.75) is 175 Å². The first-order valence-corrected chi connectivity index (χ1v) is 33.2. The summed E-state index contributed by atoms with van der Waals surface area (Å²) in [6.07, 6.45) is 20.1. The molecule has 4 aliphatic rings. The molecule has 11 aromatic rings. The van der Waals surface area contributed by atoms with Crippen molar-refractivity contribution in [1.82, 2.24) is 59.8 Å². The standard InChI is InChI=1S/2C11H16N2.2C9H12N2.C8H8N2.2C6H8N2.2C6H7N.C3H4N2S.9CH4/c1-10-4-8-13(9-5-10)11-2-6-12-7-3-11;1-10-3-2-4-11(9-10)13-7-5-12-6-8-13;1-7-4-5-8-3-2-6-10-9(8)11-7;1-7-4-6-11-9-8(7)3-2-5-10-9;1-6-9-7-4-2-3-5-8(7)10-6;1-5-2-3-8-6(7)4-5;1-5-3-2-4-6(7)8-5;1-6-2-4-7-5-3-6;1-6-4-2-3-5-7-6;1-3-2-6-5-4-3;;;;;;;;;/h2-3,6-7,10H,4-5,8-9H2,1H3;2-4,9,12H,5-8H2,1H3;4-5H,2-3,6H2,1H3,(H,10,11);4,6H,2-3,5H2,1H3,(H,10,11);2-5H,1H3,(H,9,10);2*2-4H,1H3,(H2,7,8);2*2-5H,1H3;2H,1H3;9*1H4. The molecule has 8 N–H and O–H groups in total. The van der Waals surface area contributed by atoms with Crippen LogP contribution < -0.4 is 37.2 Å². The average molecular weight is 1430 g/mol. The molecule has 18 nitrogen and oxygen atoms in total. The molecule has 566 valence electrons. The van der Waals surface area contributed by atoms with Crippen LogP contribution in [0.2, 0.25) is 0 Å². The van der Waals surface area contributed by atoms with Gasteiger partial charge in [-0.1, -0.05) is 121 Å². The molecule has 19 heteroatoms. The Balaban J connectivity index is -0.000000528. The maximum atomic E-state index is 5.35. The fraction of sp³-hybridized carbons (Fsp3) is 0.405. The van der Waals surface area contributed by atoms with Gasteiger partial charge in [0.25, 0.3) is 0 Å². The summed E-state index contributed by atoms with van der Waals surface area (Å²) in [6, 6.07) is 46.4. The Morgan fingerprint density at radius 1 is 0.447 bits per heavy atom. The topological polar surface area (TPSA) is 239 Å². The molecule has 103 heavy (non-hydrogen) atoms. The lowest BCUT2D eigenvalue weighted by molar-refractivity contribution is 0.438. The van der Waals surface area contributed by atoms with Gasteiger partial charge < -0.3 is 42.2 Å². The zero-order chi connectivity index (χ0) is 67.1. The molecule has 4 aliphatic heterocycles. The van der Waals surface area contributed by atoms with Gasteiger partial charge >= 0.3 is 0 Å². The van der Waals surface area contributed by atoms with E-state index in [1.165, 1.54) is 102 Å². The molecule has 0 amide bonds. The van der Waals surface area contributed by atoms with Gasteiger partial charge in [-0.05, 0) is 249 Å². The zero-order valence-corrected chi connectivity index (χ0v) is 57.6. The predicted octanol–water partition coefficient (Wildman–Crippen LogP) is 20.4. The molecule has 0 radical (unpaired) electrons. The number of anilines is 6. The third-order valence-electron chi connectivity index (χ3n) is 15.0. The van der Waals surface area contributed by atoms with Crippen molar-refractivity contribution < 1.29 is 0 Å². The number of H-pyrrole nitrogens is 1. The normalized spacial score (nSPS) is 12.0. The number of nitrogens with one attached hydrogen (secondary N) is 4. The van der Waals surface area contributed by atoms with Gasteiger partial charge in [-0.3, -0.25) is 15.0 Å². The molecule has 0 saturated carbocycles. The van der Waals surface area contributed by atoms with Crippen molar-refractivity contribution in [1.29, 1.82) is 0 Å². The Kier molecular flexibility index (Phi) is 55.0. The third kappa shape index (κ3) is 39.9. The van der Waals surface area contributed by atoms with Crippen molar-refractivity contribution in [3.63, 3.8) is 0 Å². The van der Waals surface area contributed by atoms with Crippen LogP contribution in [0.3, 0.4) is 0 Å². The second-order valence-corrected chi connectivity index (χ2v) is 23.9. The molecular formula is C84H134N18S. The van der Waals surface area contributed by atoms with E-state index in [0.29, 0.717) is 11.6 Å². The molecule has 13 heterocycles. The van der Waals surface area contributed by atoms with Crippen molar-refractivity contribution in [2.24, 2.45) is 5.92 Å². The van der Waals surface area contributed by atoms with E-state index in [-0.39, 0.29) is 66.8 Å². The van der Waals surface area contributed by atoms with Crippen molar-refractivity contribution in [3.8, 4) is 0 Å². The van der Waals surface area contributed by atoms with E-state index < -0.39 is 0 Å². The molecule has 0 unspecified atom stereocenters. The van der Waals surface area contributed by atoms with Crippen LogP contribution in [0.4, 0.5) is 34.6 Å². The second kappa shape index (κ2) is 56.9. The Labute approximate surface area is 628 Å². The summed E-state index contributed by atoms with van der Waals surface area (Å²) in [5.41, 5.74) is 27.5. The number of imidazole rings is 1. The summed E-state index contributed by atoms with van der Waals surface area (Å²) >= 11 is 1.38. The summed E-state index contributed by atoms with van der Waals surface area (Å²) < 4.78 is 3.61. The summed E-state index contributed by atoms with van der Waals surface area (Å²) in [6.45, 7) is 29.5. The summed E-state index contributed by atoms with van der Waals surface area (Å²) in [4.78, 5) is 40.6. The van der Waals surface area contributed by atoms with E-state index in [2.05, 4.69) is 156 Å². The van der Waals surface area contributed by atoms with Crippen LogP contribution in [0.1, 0.15) is 161 Å². The highest BCUT2D eigenvalue weighted by Gasteiger charge is 2.16. The molecule has 2 aromatic carbocycles. The van der Waals surface area contributed by atoms with Gasteiger partial charge in [-0.15, -0.1) is 5.10 Å². The Morgan fingerprint density at radius 3 is 1.54 bits per heavy atom. The number of para-hydroxylation sites is 2. The number of rotatable bonds is 2. The SMILES string of the molecule is C.C.C.C.C.C.C.C.C.CC1CCN(c2ccncc2)CC1.Cc1ccc2c(n1)NCCC2.Cc1cccc(N)n1.Cc1cccc(N2CCNCC2)c1.Cc1ccccn1.Cc1ccnc(N)c1.Cc1ccnc2c1CCCN2.Cc1ccncc1.Cc1csnn1.Cc1nc2ccccc2[nH]1. The number of benzene rings is 2. The van der Waals surface area contributed by atoms with Gasteiger partial charge in [-0.2, -0.15) is 0 Å². The van der Waals surface area contributed by atoms with Gasteiger partial charge in [-0.25, -0.2) is 24.9 Å². The molecule has 9 aromatic heterocycles. The van der Waals surface area contributed by atoms with Crippen LogP contribution in [-0.4, -0.2) is 107 Å². The number of aromatic amines is 1. The number of nitrogen functional groups attached to an aromatic ring is 2. The van der Waals surface area contributed by atoms with Crippen molar-refractivity contribution in [2.75, 3.05) is 84.3 Å². The predicted molar refractivity (Wildman–Crippen MR) is 453 cm³/mol. The lowest BCUT2D eigenvalue weighted by Gasteiger charge is -2.31. The first-order valence-electron chi connectivity index (χ1n) is 32.4. The number of hydrogen-bond donors (Lipinski definition) is 6. The van der Waals surface area contributed by atoms with E-state index in [1.807, 2.05) is 151 Å². The van der Waals surface area contributed by atoms with Gasteiger partial charge in [0.05, 0.1) is 16.7 Å². The number of aromatic nitrogens is 11. The van der Waals surface area contributed by atoms with Crippen molar-refractivity contribution in [3.05, 3.63) is 250 Å². The Bertz CT molecular complexity index is 3650. The summed E-state index contributed by atoms with van der Waals surface area (Å²) in [5.74, 6) is 5.24. The number of piperidine rings is 1. The second-order valence-electron chi connectivity index (χ2n) is 23.3. The fourth-order valence-electron chi connectivity index (χ4n) is 9.81. The number of nitrogens with zero attached hydrogens (tertiary/aromatic N) is 12. The van der Waals surface area contributed by atoms with Crippen LogP contribution in [0.5, 0.6) is 0 Å². The Morgan fingerprint density at radius 2 is 1.03 bits per heavy atom. The lowest BCUT2D eigenvalue weighted by atomic mass is 9.99. The van der Waals surface area contributed by atoms with E-state index >= 15 is 0 Å². The van der Waals surface area contributed by atoms with Crippen LogP contribution in [-0.2, 0) is 12.8 Å². The van der Waals surface area contributed by atoms with E-state index in [9.17, 15) is 0 Å². The molecule has 2 fully saturated rings. The number of nitrogens with two attached hydrogens (primary N) is 2. The van der Waals surface area contributed by atoms with Gasteiger partial charge in [0.2, 0.25) is 0 Å². The molecule has 2 saturated heterocycles. The quantitative estimate of drug-likeness (QED) is 0.0943. The van der Waals surface area contributed by atoms with Crippen LogP contribution >= 0.6 is 11.5 Å². The number of pyridine rings is 7. The highest BCUT2D eigenvalue weighted by Crippen LogP contribution is 2.24. The highest BCUT2D eigenvalue weighted by atomic mass is 32.1. The van der Waals surface area contributed by atoms with Crippen molar-refractivity contribution >= 4 is 57.2 Å². The molecule has 0 bridgehead atoms. The highest BCUT2D eigenvalue weighted by molar-refractivity contribution is 7.03.